The second-order valence-corrected chi connectivity index (χ2v) is 4.46. The third kappa shape index (κ3) is 5.38. The molecule has 1 amide bonds. The highest BCUT2D eigenvalue weighted by Gasteiger charge is 2.02. The maximum absolute atomic E-state index is 11.4. The fraction of sp³-hybridized carbons (Fsp3) is 0.333. The number of carbonyl (C=O) groups is 1. The minimum atomic E-state index is -0.0866. The van der Waals surface area contributed by atoms with Crippen LogP contribution in [-0.4, -0.2) is 29.1 Å². The fourth-order valence-corrected chi connectivity index (χ4v) is 1.75. The Morgan fingerprint density at radius 1 is 1.41 bits per heavy atom. The standard InChI is InChI=1S/C12H14N2O2S/c13-6-5-10-1-3-11(4-2-10)14-12(16)9-17-8-7-15/h1-4,15H,5,7-9H2,(H,14,16). The van der Waals surface area contributed by atoms with Crippen LogP contribution >= 0.6 is 11.8 Å². The highest BCUT2D eigenvalue weighted by molar-refractivity contribution is 7.99. The lowest BCUT2D eigenvalue weighted by Crippen LogP contribution is -2.14. The minimum Gasteiger partial charge on any atom is -0.396 e. The van der Waals surface area contributed by atoms with Crippen LogP contribution in [0, 0.1) is 11.3 Å². The molecule has 4 nitrogen and oxygen atoms in total. The average molecular weight is 250 g/mol. The van der Waals surface area contributed by atoms with Crippen LogP contribution in [0.25, 0.3) is 0 Å². The Kier molecular flexibility index (Phi) is 6.15. The number of rotatable bonds is 6. The molecule has 0 saturated heterocycles. The van der Waals surface area contributed by atoms with Crippen molar-refractivity contribution in [3.05, 3.63) is 29.8 Å². The SMILES string of the molecule is N#CCc1ccc(NC(=O)CSCCO)cc1. The molecular formula is C12H14N2O2S. The van der Waals surface area contributed by atoms with Gasteiger partial charge < -0.3 is 10.4 Å². The summed E-state index contributed by atoms with van der Waals surface area (Å²) < 4.78 is 0. The molecule has 2 N–H and O–H groups in total. The van der Waals surface area contributed by atoms with Crippen LogP contribution in [0.2, 0.25) is 0 Å². The van der Waals surface area contributed by atoms with Crippen molar-refractivity contribution in [2.24, 2.45) is 0 Å². The van der Waals surface area contributed by atoms with E-state index in [9.17, 15) is 4.79 Å². The van der Waals surface area contributed by atoms with Crippen LogP contribution in [0.4, 0.5) is 5.69 Å². The predicted octanol–water partition coefficient (Wildman–Crippen LogP) is 1.42. The normalized spacial score (nSPS) is 9.65. The second-order valence-electron chi connectivity index (χ2n) is 3.36. The number of nitrogens with one attached hydrogen (secondary N) is 1. The number of hydrogen-bond donors (Lipinski definition) is 2. The van der Waals surface area contributed by atoms with E-state index in [4.69, 9.17) is 10.4 Å². The first kappa shape index (κ1) is 13.6. The molecule has 0 heterocycles. The molecule has 1 aromatic carbocycles. The molecule has 0 aliphatic rings. The van der Waals surface area contributed by atoms with Crippen molar-refractivity contribution in [3.8, 4) is 6.07 Å². The Bertz CT molecular complexity index is 398. The molecule has 0 aliphatic heterocycles. The predicted molar refractivity (Wildman–Crippen MR) is 68.8 cm³/mol. The molecule has 0 spiro atoms. The number of hydrogen-bond acceptors (Lipinski definition) is 4. The van der Waals surface area contributed by atoms with E-state index >= 15 is 0 Å². The van der Waals surface area contributed by atoms with Crippen molar-refractivity contribution < 1.29 is 9.90 Å². The molecule has 0 atom stereocenters. The van der Waals surface area contributed by atoms with Gasteiger partial charge in [0.25, 0.3) is 0 Å². The number of anilines is 1. The highest BCUT2D eigenvalue weighted by atomic mass is 32.2. The largest absolute Gasteiger partial charge is 0.396 e. The van der Waals surface area contributed by atoms with Gasteiger partial charge in [0, 0.05) is 11.4 Å². The number of amides is 1. The van der Waals surface area contributed by atoms with E-state index in [0.29, 0.717) is 17.9 Å². The quantitative estimate of drug-likeness (QED) is 0.749. The zero-order chi connectivity index (χ0) is 12.5. The molecule has 1 aromatic rings. The zero-order valence-electron chi connectivity index (χ0n) is 9.35. The van der Waals surface area contributed by atoms with Crippen molar-refractivity contribution in [2.45, 2.75) is 6.42 Å². The molecule has 90 valence electrons. The smallest absolute Gasteiger partial charge is 0.234 e. The third-order valence-corrected chi connectivity index (χ3v) is 2.93. The molecular weight excluding hydrogens is 236 g/mol. The van der Waals surface area contributed by atoms with Crippen molar-refractivity contribution in [1.82, 2.24) is 0 Å². The minimum absolute atomic E-state index is 0.0841. The summed E-state index contributed by atoms with van der Waals surface area (Å²) in [6, 6.07) is 9.26. The number of nitriles is 1. The Morgan fingerprint density at radius 3 is 2.71 bits per heavy atom. The van der Waals surface area contributed by atoms with Crippen molar-refractivity contribution in [1.29, 1.82) is 5.26 Å². The molecule has 5 heteroatoms. The van der Waals surface area contributed by atoms with Gasteiger partial charge in [-0.25, -0.2) is 0 Å². The lowest BCUT2D eigenvalue weighted by atomic mass is 10.1. The monoisotopic (exact) mass is 250 g/mol. The van der Waals surface area contributed by atoms with Crippen LogP contribution in [0.5, 0.6) is 0 Å². The van der Waals surface area contributed by atoms with Gasteiger partial charge in [0.15, 0.2) is 0 Å². The van der Waals surface area contributed by atoms with Crippen LogP contribution in [-0.2, 0) is 11.2 Å². The number of aliphatic hydroxyl groups excluding tert-OH is 1. The number of thioether (sulfide) groups is 1. The molecule has 0 bridgehead atoms. The lowest BCUT2D eigenvalue weighted by Gasteiger charge is -2.05. The Hall–Kier alpha value is -1.51. The fourth-order valence-electron chi connectivity index (χ4n) is 1.22. The van der Waals surface area contributed by atoms with Gasteiger partial charge in [0.05, 0.1) is 24.8 Å². The maximum Gasteiger partial charge on any atom is 0.234 e. The first-order valence-corrected chi connectivity index (χ1v) is 6.36. The highest BCUT2D eigenvalue weighted by Crippen LogP contribution is 2.10. The number of nitrogens with zero attached hydrogens (tertiary/aromatic N) is 1. The summed E-state index contributed by atoms with van der Waals surface area (Å²) in [5, 5.41) is 19.8. The summed E-state index contributed by atoms with van der Waals surface area (Å²) in [4.78, 5) is 11.4. The molecule has 0 unspecified atom stereocenters. The summed E-state index contributed by atoms with van der Waals surface area (Å²) in [5.74, 6) is 0.811. The van der Waals surface area contributed by atoms with E-state index in [1.807, 2.05) is 12.1 Å². The Labute approximate surface area is 105 Å². The third-order valence-electron chi connectivity index (χ3n) is 1.99. The van der Waals surface area contributed by atoms with Crippen molar-refractivity contribution >= 4 is 23.4 Å². The van der Waals surface area contributed by atoms with E-state index < -0.39 is 0 Å². The van der Waals surface area contributed by atoms with Gasteiger partial charge in [-0.1, -0.05) is 12.1 Å². The van der Waals surface area contributed by atoms with Gasteiger partial charge in [0.2, 0.25) is 5.91 Å². The summed E-state index contributed by atoms with van der Waals surface area (Å²) in [6.07, 6.45) is 0.376. The first-order valence-electron chi connectivity index (χ1n) is 5.20. The number of benzene rings is 1. The Balaban J connectivity index is 2.41. The summed E-state index contributed by atoms with van der Waals surface area (Å²) in [5.41, 5.74) is 1.65. The van der Waals surface area contributed by atoms with Gasteiger partial charge in [-0.05, 0) is 17.7 Å². The van der Waals surface area contributed by atoms with Crippen molar-refractivity contribution in [3.63, 3.8) is 0 Å². The summed E-state index contributed by atoms with van der Waals surface area (Å²) >= 11 is 1.39. The van der Waals surface area contributed by atoms with E-state index in [0.717, 1.165) is 11.3 Å². The van der Waals surface area contributed by atoms with E-state index in [1.165, 1.54) is 11.8 Å². The van der Waals surface area contributed by atoms with Gasteiger partial charge in [0.1, 0.15) is 0 Å². The van der Waals surface area contributed by atoms with Crippen LogP contribution in [0.3, 0.4) is 0 Å². The number of aliphatic hydroxyl groups is 1. The lowest BCUT2D eigenvalue weighted by molar-refractivity contribution is -0.113. The van der Waals surface area contributed by atoms with Crippen LogP contribution in [0.15, 0.2) is 24.3 Å². The molecule has 0 fully saturated rings. The van der Waals surface area contributed by atoms with Crippen molar-refractivity contribution in [2.75, 3.05) is 23.4 Å². The van der Waals surface area contributed by atoms with Gasteiger partial charge in [-0.15, -0.1) is 11.8 Å². The van der Waals surface area contributed by atoms with Crippen LogP contribution < -0.4 is 5.32 Å². The molecule has 0 aromatic heterocycles. The van der Waals surface area contributed by atoms with E-state index in [2.05, 4.69) is 11.4 Å². The topological polar surface area (TPSA) is 73.1 Å². The molecule has 0 aliphatic carbocycles. The average Bonchev–Trinajstić information content (AvgIpc) is 2.32. The molecule has 0 radical (unpaired) electrons. The van der Waals surface area contributed by atoms with Crippen LogP contribution in [0.1, 0.15) is 5.56 Å². The Morgan fingerprint density at radius 2 is 2.12 bits per heavy atom. The van der Waals surface area contributed by atoms with Gasteiger partial charge >= 0.3 is 0 Å². The molecule has 17 heavy (non-hydrogen) atoms. The molecule has 1 rings (SSSR count). The molecule has 0 saturated carbocycles. The van der Waals surface area contributed by atoms with E-state index in [1.54, 1.807) is 12.1 Å². The van der Waals surface area contributed by atoms with E-state index in [-0.39, 0.29) is 12.5 Å². The summed E-state index contributed by atoms with van der Waals surface area (Å²) in [7, 11) is 0. The first-order chi connectivity index (χ1) is 8.26. The number of carbonyl (C=O) groups excluding carboxylic acids is 1. The maximum atomic E-state index is 11.4. The van der Waals surface area contributed by atoms with Gasteiger partial charge in [-0.2, -0.15) is 5.26 Å². The summed E-state index contributed by atoms with van der Waals surface area (Å²) in [6.45, 7) is 0.0841. The zero-order valence-corrected chi connectivity index (χ0v) is 10.2. The second kappa shape index (κ2) is 7.71. The van der Waals surface area contributed by atoms with Gasteiger partial charge in [-0.3, -0.25) is 4.79 Å².